The number of hydrogen-bond donors (Lipinski definition) is 3. The predicted molar refractivity (Wildman–Crippen MR) is 131 cm³/mol. The number of allylic oxidation sites excluding steroid dienone is 3. The summed E-state index contributed by atoms with van der Waals surface area (Å²) in [6.45, 7) is 14.1. The summed E-state index contributed by atoms with van der Waals surface area (Å²) in [5.74, 6) is 3.44. The second-order valence-corrected chi connectivity index (χ2v) is 12.7. The minimum absolute atomic E-state index is 0.269. The zero-order valence-corrected chi connectivity index (χ0v) is 21.3. The molecule has 0 spiro atoms. The summed E-state index contributed by atoms with van der Waals surface area (Å²) < 4.78 is 0. The van der Waals surface area contributed by atoms with Crippen LogP contribution in [0, 0.1) is 46.3 Å². The lowest BCUT2D eigenvalue weighted by Crippen LogP contribution is -2.65. The van der Waals surface area contributed by atoms with Crippen molar-refractivity contribution >= 4 is 0 Å². The molecule has 0 aliphatic heterocycles. The Morgan fingerprint density at radius 3 is 2.38 bits per heavy atom. The van der Waals surface area contributed by atoms with Gasteiger partial charge in [-0.05, 0) is 85.9 Å². The van der Waals surface area contributed by atoms with Gasteiger partial charge in [-0.1, -0.05) is 65.3 Å². The standard InChI is InChI=1S/C29H48O3/c1-7-20(18(2)3)9-8-19(4)23-10-11-24-22-16-26(31)29(32)17-21(30)12-15-28(29,6)25(22)13-14-27(23,24)5/h8-9,16,18-21,23-26,30-32H,7,10-15,17H2,1-6H3/b9-8+/t19-,20+,21+,23?,24?,25?,26-,27-,28-,29+/m1/s1. The Kier molecular flexibility index (Phi) is 6.53. The molecule has 10 atom stereocenters. The fourth-order valence-electron chi connectivity index (χ4n) is 8.73. The summed E-state index contributed by atoms with van der Waals surface area (Å²) in [4.78, 5) is 0. The van der Waals surface area contributed by atoms with E-state index in [1.165, 1.54) is 31.3 Å². The van der Waals surface area contributed by atoms with Gasteiger partial charge in [-0.25, -0.2) is 0 Å². The van der Waals surface area contributed by atoms with Gasteiger partial charge in [-0.15, -0.1) is 0 Å². The van der Waals surface area contributed by atoms with Crippen molar-refractivity contribution in [3.63, 3.8) is 0 Å². The molecule has 0 aromatic carbocycles. The maximum Gasteiger partial charge on any atom is 0.102 e. The third-order valence-corrected chi connectivity index (χ3v) is 11.0. The van der Waals surface area contributed by atoms with Crippen molar-refractivity contribution in [3.05, 3.63) is 23.8 Å². The average Bonchev–Trinajstić information content (AvgIpc) is 3.08. The quantitative estimate of drug-likeness (QED) is 0.464. The Bertz CT molecular complexity index is 756. The fraction of sp³-hybridized carbons (Fsp3) is 0.862. The fourth-order valence-corrected chi connectivity index (χ4v) is 8.73. The van der Waals surface area contributed by atoms with Gasteiger partial charge < -0.3 is 15.3 Å². The molecule has 3 nitrogen and oxygen atoms in total. The molecule has 0 aromatic heterocycles. The Morgan fingerprint density at radius 1 is 1.00 bits per heavy atom. The van der Waals surface area contributed by atoms with E-state index < -0.39 is 17.8 Å². The smallest absolute Gasteiger partial charge is 0.102 e. The van der Waals surface area contributed by atoms with Crippen molar-refractivity contribution in [3.8, 4) is 0 Å². The highest BCUT2D eigenvalue weighted by atomic mass is 16.3. The summed E-state index contributed by atoms with van der Waals surface area (Å²) in [5.41, 5.74) is 0.159. The van der Waals surface area contributed by atoms with E-state index in [0.29, 0.717) is 41.9 Å². The largest absolute Gasteiger partial charge is 0.393 e. The summed E-state index contributed by atoms with van der Waals surface area (Å²) in [6, 6.07) is 0. The molecular formula is C29H48O3. The van der Waals surface area contributed by atoms with Crippen LogP contribution in [0.5, 0.6) is 0 Å². The zero-order valence-electron chi connectivity index (χ0n) is 21.3. The molecule has 3 heteroatoms. The topological polar surface area (TPSA) is 60.7 Å². The van der Waals surface area contributed by atoms with Gasteiger partial charge in [0.2, 0.25) is 0 Å². The monoisotopic (exact) mass is 444 g/mol. The third kappa shape index (κ3) is 3.57. The number of hydrogen-bond acceptors (Lipinski definition) is 3. The number of rotatable bonds is 5. The molecule has 4 aliphatic carbocycles. The first-order chi connectivity index (χ1) is 15.0. The Labute approximate surface area is 196 Å². The maximum atomic E-state index is 11.6. The van der Waals surface area contributed by atoms with Crippen LogP contribution in [0.4, 0.5) is 0 Å². The highest BCUT2D eigenvalue weighted by Crippen LogP contribution is 2.67. The maximum absolute atomic E-state index is 11.6. The molecule has 4 rings (SSSR count). The van der Waals surface area contributed by atoms with Gasteiger partial charge >= 0.3 is 0 Å². The molecule has 3 fully saturated rings. The zero-order chi connectivity index (χ0) is 23.5. The number of fused-ring (bicyclic) bond motifs is 5. The van der Waals surface area contributed by atoms with E-state index in [4.69, 9.17) is 0 Å². The van der Waals surface area contributed by atoms with Crippen LogP contribution in [-0.2, 0) is 0 Å². The van der Waals surface area contributed by atoms with Crippen molar-refractivity contribution in [1.29, 1.82) is 0 Å². The van der Waals surface area contributed by atoms with Crippen LogP contribution in [-0.4, -0.2) is 33.1 Å². The van der Waals surface area contributed by atoms with Crippen LogP contribution in [0.1, 0.15) is 92.9 Å². The van der Waals surface area contributed by atoms with Gasteiger partial charge in [-0.2, -0.15) is 0 Å². The molecule has 0 saturated heterocycles. The van der Waals surface area contributed by atoms with Crippen molar-refractivity contribution in [2.45, 2.75) is 111 Å². The molecule has 0 aromatic rings. The molecule has 0 heterocycles. The summed E-state index contributed by atoms with van der Waals surface area (Å²) in [5, 5.41) is 33.0. The Hall–Kier alpha value is -0.640. The molecule has 3 N–H and O–H groups in total. The molecular weight excluding hydrogens is 396 g/mol. The molecule has 0 radical (unpaired) electrons. The van der Waals surface area contributed by atoms with Crippen LogP contribution in [0.3, 0.4) is 0 Å². The average molecular weight is 445 g/mol. The Morgan fingerprint density at radius 2 is 1.72 bits per heavy atom. The van der Waals surface area contributed by atoms with Crippen LogP contribution >= 0.6 is 0 Å². The van der Waals surface area contributed by atoms with Gasteiger partial charge in [0.1, 0.15) is 11.7 Å². The van der Waals surface area contributed by atoms with Gasteiger partial charge in [-0.3, -0.25) is 0 Å². The lowest BCUT2D eigenvalue weighted by atomic mass is 9.45. The summed E-state index contributed by atoms with van der Waals surface area (Å²) >= 11 is 0. The second kappa shape index (κ2) is 8.54. The van der Waals surface area contributed by atoms with Crippen LogP contribution in [0.25, 0.3) is 0 Å². The first-order valence-corrected chi connectivity index (χ1v) is 13.5. The first kappa shape index (κ1) is 24.5. The van der Waals surface area contributed by atoms with Crippen LogP contribution in [0.15, 0.2) is 23.8 Å². The van der Waals surface area contributed by atoms with E-state index >= 15 is 0 Å². The normalized spacial score (nSPS) is 48.2. The highest BCUT2D eigenvalue weighted by Gasteiger charge is 2.64. The van der Waals surface area contributed by atoms with Crippen molar-refractivity contribution in [2.24, 2.45) is 46.3 Å². The van der Waals surface area contributed by atoms with Gasteiger partial charge in [0.05, 0.1) is 6.10 Å². The highest BCUT2D eigenvalue weighted by molar-refractivity contribution is 5.33. The molecule has 3 unspecified atom stereocenters. The van der Waals surface area contributed by atoms with Crippen molar-refractivity contribution in [2.75, 3.05) is 0 Å². The molecule has 32 heavy (non-hydrogen) atoms. The number of aliphatic hydroxyl groups is 3. The van der Waals surface area contributed by atoms with E-state index in [-0.39, 0.29) is 10.8 Å². The summed E-state index contributed by atoms with van der Waals surface area (Å²) in [7, 11) is 0. The van der Waals surface area contributed by atoms with Crippen LogP contribution < -0.4 is 0 Å². The Balaban J connectivity index is 1.60. The van der Waals surface area contributed by atoms with Crippen molar-refractivity contribution in [1.82, 2.24) is 0 Å². The minimum atomic E-state index is -1.20. The molecule has 182 valence electrons. The second-order valence-electron chi connectivity index (χ2n) is 12.7. The molecule has 0 amide bonds. The molecule has 0 bridgehead atoms. The van der Waals surface area contributed by atoms with Gasteiger partial charge in [0.25, 0.3) is 0 Å². The minimum Gasteiger partial charge on any atom is -0.393 e. The first-order valence-electron chi connectivity index (χ1n) is 13.5. The third-order valence-electron chi connectivity index (χ3n) is 11.0. The van der Waals surface area contributed by atoms with E-state index in [1.54, 1.807) is 0 Å². The molecule has 3 saturated carbocycles. The SMILES string of the molecule is CC[C@@H](/C=C/[C@@H](C)C1CCC2C3=C[C@@H](O)[C@@]4(O)C[C@@H](O)CC[C@]4(C)C3CC[C@@]21C)C(C)C. The predicted octanol–water partition coefficient (Wildman–Crippen LogP) is 5.89. The van der Waals surface area contributed by atoms with Gasteiger partial charge in [0.15, 0.2) is 0 Å². The van der Waals surface area contributed by atoms with Crippen molar-refractivity contribution < 1.29 is 15.3 Å². The van der Waals surface area contributed by atoms with E-state index in [9.17, 15) is 15.3 Å². The molecule has 4 aliphatic rings. The summed E-state index contributed by atoms with van der Waals surface area (Å²) in [6.07, 6.45) is 13.4. The van der Waals surface area contributed by atoms with Crippen LogP contribution in [0.2, 0.25) is 0 Å². The van der Waals surface area contributed by atoms with E-state index in [0.717, 1.165) is 19.3 Å². The number of aliphatic hydroxyl groups excluding tert-OH is 2. The van der Waals surface area contributed by atoms with E-state index in [1.807, 2.05) is 6.08 Å². The van der Waals surface area contributed by atoms with Gasteiger partial charge in [0, 0.05) is 11.8 Å². The lowest BCUT2D eigenvalue weighted by molar-refractivity contribution is -0.210. The van der Waals surface area contributed by atoms with E-state index in [2.05, 4.69) is 53.7 Å². The lowest BCUT2D eigenvalue weighted by Gasteiger charge is -2.62.